The van der Waals surface area contributed by atoms with Crippen LogP contribution in [0.2, 0.25) is 0 Å². The fourth-order valence-electron chi connectivity index (χ4n) is 1.97. The molecule has 0 atom stereocenters. The number of furan rings is 1. The first-order valence-electron chi connectivity index (χ1n) is 5.77. The lowest BCUT2D eigenvalue weighted by molar-refractivity contribution is 0.631. The number of aryl methyl sites for hydroxylation is 1. The van der Waals surface area contributed by atoms with Crippen LogP contribution in [0.4, 0.5) is 0 Å². The summed E-state index contributed by atoms with van der Waals surface area (Å²) in [4.78, 5) is 0. The second-order valence-electron chi connectivity index (χ2n) is 4.34. The predicted octanol–water partition coefficient (Wildman–Crippen LogP) is 4.28. The second kappa shape index (κ2) is 4.05. The molecule has 0 aliphatic heterocycles. The van der Waals surface area contributed by atoms with E-state index in [1.807, 2.05) is 30.3 Å². The van der Waals surface area contributed by atoms with Crippen molar-refractivity contribution < 1.29 is 4.42 Å². The first-order valence-corrected chi connectivity index (χ1v) is 5.77. The largest absolute Gasteiger partial charge is 0.456 e. The van der Waals surface area contributed by atoms with Crippen LogP contribution in [0.15, 0.2) is 52.9 Å². The van der Waals surface area contributed by atoms with Crippen LogP contribution >= 0.6 is 0 Å². The van der Waals surface area contributed by atoms with Gasteiger partial charge in [0.2, 0.25) is 0 Å². The molecule has 0 bridgehead atoms. The molecular formula is C16H11NO. The van der Waals surface area contributed by atoms with E-state index in [1.165, 1.54) is 5.56 Å². The van der Waals surface area contributed by atoms with Crippen molar-refractivity contribution in [2.24, 2.45) is 0 Å². The van der Waals surface area contributed by atoms with Gasteiger partial charge >= 0.3 is 0 Å². The van der Waals surface area contributed by atoms with Crippen molar-refractivity contribution in [1.29, 1.82) is 5.26 Å². The lowest BCUT2D eigenvalue weighted by atomic mass is 10.1. The average Bonchev–Trinajstić information content (AvgIpc) is 2.82. The summed E-state index contributed by atoms with van der Waals surface area (Å²) in [6.07, 6.45) is 0. The van der Waals surface area contributed by atoms with E-state index in [4.69, 9.17) is 9.68 Å². The molecule has 0 amide bonds. The molecule has 3 aromatic rings. The molecule has 2 nitrogen and oxygen atoms in total. The molecule has 0 aliphatic carbocycles. The van der Waals surface area contributed by atoms with E-state index in [-0.39, 0.29) is 0 Å². The molecule has 0 spiro atoms. The van der Waals surface area contributed by atoms with Crippen molar-refractivity contribution in [3.8, 4) is 17.4 Å². The third-order valence-corrected chi connectivity index (χ3v) is 2.98. The van der Waals surface area contributed by atoms with Gasteiger partial charge in [0.1, 0.15) is 11.3 Å². The van der Waals surface area contributed by atoms with Gasteiger partial charge in [0.15, 0.2) is 0 Å². The van der Waals surface area contributed by atoms with Gasteiger partial charge in [-0.15, -0.1) is 0 Å². The highest BCUT2D eigenvalue weighted by Gasteiger charge is 2.06. The first-order chi connectivity index (χ1) is 8.76. The maximum Gasteiger partial charge on any atom is 0.135 e. The van der Waals surface area contributed by atoms with E-state index in [1.54, 1.807) is 6.07 Å². The average molecular weight is 233 g/mol. The molecule has 0 radical (unpaired) electrons. The van der Waals surface area contributed by atoms with Crippen LogP contribution < -0.4 is 0 Å². The summed E-state index contributed by atoms with van der Waals surface area (Å²) in [6.45, 7) is 2.06. The molecule has 2 heteroatoms. The Balaban J connectivity index is 2.13. The van der Waals surface area contributed by atoms with Gasteiger partial charge in [0, 0.05) is 10.9 Å². The summed E-state index contributed by atoms with van der Waals surface area (Å²) in [5.74, 6) is 0.833. The molecule has 0 unspecified atom stereocenters. The Morgan fingerprint density at radius 2 is 1.78 bits per heavy atom. The minimum absolute atomic E-state index is 0.652. The molecular weight excluding hydrogens is 222 g/mol. The number of hydrogen-bond donors (Lipinski definition) is 0. The van der Waals surface area contributed by atoms with E-state index >= 15 is 0 Å². The predicted molar refractivity (Wildman–Crippen MR) is 71.1 cm³/mol. The summed E-state index contributed by atoms with van der Waals surface area (Å²) in [5, 5.41) is 9.83. The van der Waals surface area contributed by atoms with Crippen LogP contribution in [0.3, 0.4) is 0 Å². The van der Waals surface area contributed by atoms with E-state index in [0.717, 1.165) is 22.3 Å². The van der Waals surface area contributed by atoms with Crippen LogP contribution in [-0.4, -0.2) is 0 Å². The fourth-order valence-corrected chi connectivity index (χ4v) is 1.97. The van der Waals surface area contributed by atoms with Crippen molar-refractivity contribution in [1.82, 2.24) is 0 Å². The Bertz CT molecular complexity index is 745. The Morgan fingerprint density at radius 3 is 2.50 bits per heavy atom. The highest BCUT2D eigenvalue weighted by molar-refractivity contribution is 5.84. The molecule has 18 heavy (non-hydrogen) atoms. The van der Waals surface area contributed by atoms with Crippen LogP contribution in [-0.2, 0) is 0 Å². The summed E-state index contributed by atoms with van der Waals surface area (Å²) in [7, 11) is 0. The Hall–Kier alpha value is -2.53. The van der Waals surface area contributed by atoms with Gasteiger partial charge in [-0.05, 0) is 31.2 Å². The van der Waals surface area contributed by atoms with Crippen molar-refractivity contribution in [2.45, 2.75) is 6.92 Å². The van der Waals surface area contributed by atoms with Crippen molar-refractivity contribution in [2.75, 3.05) is 0 Å². The van der Waals surface area contributed by atoms with E-state index in [2.05, 4.69) is 25.1 Å². The molecule has 0 saturated carbocycles. The zero-order valence-electron chi connectivity index (χ0n) is 9.97. The number of fused-ring (bicyclic) bond motifs is 1. The maximum atomic E-state index is 8.87. The Kier molecular flexibility index (Phi) is 2.39. The van der Waals surface area contributed by atoms with Gasteiger partial charge in [0.25, 0.3) is 0 Å². The van der Waals surface area contributed by atoms with Crippen LogP contribution in [0.25, 0.3) is 22.3 Å². The third kappa shape index (κ3) is 1.76. The minimum Gasteiger partial charge on any atom is -0.456 e. The summed E-state index contributed by atoms with van der Waals surface area (Å²) < 4.78 is 5.78. The molecule has 2 aromatic carbocycles. The van der Waals surface area contributed by atoms with E-state index in [9.17, 15) is 0 Å². The maximum absolute atomic E-state index is 8.87. The van der Waals surface area contributed by atoms with E-state index in [0.29, 0.717) is 5.56 Å². The standard InChI is InChI=1S/C16H11NO/c1-11-2-5-13(6-3-11)16-9-14-8-12(10-17)4-7-15(14)18-16/h2-9H,1H3. The molecule has 0 fully saturated rings. The number of benzene rings is 2. The summed E-state index contributed by atoms with van der Waals surface area (Å²) in [5.41, 5.74) is 3.74. The second-order valence-corrected chi connectivity index (χ2v) is 4.34. The normalized spacial score (nSPS) is 10.4. The highest BCUT2D eigenvalue weighted by atomic mass is 16.3. The summed E-state index contributed by atoms with van der Waals surface area (Å²) >= 11 is 0. The van der Waals surface area contributed by atoms with Crippen LogP contribution in [0.1, 0.15) is 11.1 Å². The molecule has 1 aromatic heterocycles. The van der Waals surface area contributed by atoms with Crippen LogP contribution in [0.5, 0.6) is 0 Å². The highest BCUT2D eigenvalue weighted by Crippen LogP contribution is 2.28. The van der Waals surface area contributed by atoms with Gasteiger partial charge in [0.05, 0.1) is 11.6 Å². The van der Waals surface area contributed by atoms with Gasteiger partial charge in [-0.2, -0.15) is 5.26 Å². The van der Waals surface area contributed by atoms with Crippen LogP contribution in [0, 0.1) is 18.3 Å². The monoisotopic (exact) mass is 233 g/mol. The lowest BCUT2D eigenvalue weighted by Crippen LogP contribution is -1.74. The van der Waals surface area contributed by atoms with Crippen molar-refractivity contribution >= 4 is 11.0 Å². The zero-order valence-corrected chi connectivity index (χ0v) is 9.97. The van der Waals surface area contributed by atoms with Gasteiger partial charge in [-0.25, -0.2) is 0 Å². The third-order valence-electron chi connectivity index (χ3n) is 2.98. The first kappa shape index (κ1) is 10.6. The number of nitriles is 1. The van der Waals surface area contributed by atoms with Gasteiger partial charge in [-0.3, -0.25) is 0 Å². The van der Waals surface area contributed by atoms with E-state index < -0.39 is 0 Å². The Morgan fingerprint density at radius 1 is 1.00 bits per heavy atom. The molecule has 0 N–H and O–H groups in total. The van der Waals surface area contributed by atoms with Gasteiger partial charge < -0.3 is 4.42 Å². The molecule has 1 heterocycles. The quantitative estimate of drug-likeness (QED) is 0.629. The Labute approximate surface area is 105 Å². The summed E-state index contributed by atoms with van der Waals surface area (Å²) in [6, 6.07) is 17.8. The lowest BCUT2D eigenvalue weighted by Gasteiger charge is -1.96. The van der Waals surface area contributed by atoms with Gasteiger partial charge in [-0.1, -0.05) is 29.8 Å². The van der Waals surface area contributed by atoms with Crippen molar-refractivity contribution in [3.63, 3.8) is 0 Å². The fraction of sp³-hybridized carbons (Fsp3) is 0.0625. The molecule has 86 valence electrons. The SMILES string of the molecule is Cc1ccc(-c2cc3cc(C#N)ccc3o2)cc1. The molecule has 3 rings (SSSR count). The number of hydrogen-bond acceptors (Lipinski definition) is 2. The molecule has 0 aliphatic rings. The van der Waals surface area contributed by atoms with Crippen molar-refractivity contribution in [3.05, 3.63) is 59.7 Å². The zero-order chi connectivity index (χ0) is 12.5. The molecule has 0 saturated heterocycles. The number of nitrogens with zero attached hydrogens (tertiary/aromatic N) is 1. The smallest absolute Gasteiger partial charge is 0.135 e. The minimum atomic E-state index is 0.652. The topological polar surface area (TPSA) is 36.9 Å². The number of rotatable bonds is 1.